The molecule has 2 heteroatoms. The lowest BCUT2D eigenvalue weighted by atomic mass is 10.0. The molecular formula is C48H34N2. The number of hydrogen-bond acceptors (Lipinski definition) is 1. The van der Waals surface area contributed by atoms with Crippen LogP contribution >= 0.6 is 0 Å². The zero-order valence-corrected chi connectivity index (χ0v) is 27.2. The van der Waals surface area contributed by atoms with Gasteiger partial charge in [-0.15, -0.1) is 0 Å². The molecule has 9 aromatic rings. The Morgan fingerprint density at radius 1 is 0.340 bits per heavy atom. The van der Waals surface area contributed by atoms with Crippen LogP contribution in [0.5, 0.6) is 0 Å². The molecular weight excluding hydrogens is 605 g/mol. The van der Waals surface area contributed by atoms with E-state index in [4.69, 9.17) is 0 Å². The van der Waals surface area contributed by atoms with E-state index < -0.39 is 0 Å². The number of anilines is 3. The summed E-state index contributed by atoms with van der Waals surface area (Å²) >= 11 is 0. The first kappa shape index (κ1) is 25.4. The van der Waals surface area contributed by atoms with E-state index >= 15 is 0 Å². The van der Waals surface area contributed by atoms with Crippen molar-refractivity contribution in [3.63, 3.8) is 0 Å². The number of nitrogens with zero attached hydrogens (tertiary/aromatic N) is 2. The van der Waals surface area contributed by atoms with Gasteiger partial charge in [0, 0.05) is 33.5 Å². The van der Waals surface area contributed by atoms with Crippen molar-refractivity contribution in [2.45, 2.75) is 0 Å². The van der Waals surface area contributed by atoms with Gasteiger partial charge in [-0.2, -0.15) is 0 Å². The summed E-state index contributed by atoms with van der Waals surface area (Å²) in [5, 5.41) is 2.02. The Morgan fingerprint density at radius 2 is 0.860 bits per heavy atom. The van der Waals surface area contributed by atoms with E-state index in [1.54, 1.807) is 0 Å². The zero-order valence-electron chi connectivity index (χ0n) is 31.2. The molecule has 2 nitrogen and oxygen atoms in total. The van der Waals surface area contributed by atoms with Gasteiger partial charge in [0.1, 0.15) is 0 Å². The summed E-state index contributed by atoms with van der Waals surface area (Å²) in [5.41, 5.74) is 9.97. The lowest BCUT2D eigenvalue weighted by Gasteiger charge is -2.26. The van der Waals surface area contributed by atoms with Gasteiger partial charge in [0.05, 0.1) is 16.5 Å². The standard InChI is InChI=1S/C48H34N2/c1-4-13-35(14-5-1)37-23-30-43(31-24-37)50-47-22-11-10-21-45(47)46-34-40(27-32-48(46)50)38-25-28-42(29-26-38)49(41-18-8-3-9-19-41)44-20-12-17-39(33-44)36-15-6-2-7-16-36/h1-34H/i25D,26D,28D,29D. The molecule has 236 valence electrons. The average molecular weight is 643 g/mol. The number of fused-ring (bicyclic) bond motifs is 3. The Kier molecular flexibility index (Phi) is 6.48. The lowest BCUT2D eigenvalue weighted by Crippen LogP contribution is -2.09. The van der Waals surface area contributed by atoms with Crippen LogP contribution in [0.25, 0.3) is 60.9 Å². The van der Waals surface area contributed by atoms with E-state index in [0.29, 0.717) is 5.56 Å². The highest BCUT2D eigenvalue weighted by molar-refractivity contribution is 6.10. The second-order valence-corrected chi connectivity index (χ2v) is 12.3. The van der Waals surface area contributed by atoms with Crippen LogP contribution in [0.15, 0.2) is 206 Å². The van der Waals surface area contributed by atoms with Crippen LogP contribution in [0.2, 0.25) is 0 Å². The predicted molar refractivity (Wildman–Crippen MR) is 212 cm³/mol. The van der Waals surface area contributed by atoms with Crippen LogP contribution < -0.4 is 4.90 Å². The van der Waals surface area contributed by atoms with E-state index in [-0.39, 0.29) is 35.4 Å². The van der Waals surface area contributed by atoms with Crippen LogP contribution in [-0.2, 0) is 0 Å². The molecule has 0 fully saturated rings. The van der Waals surface area contributed by atoms with Gasteiger partial charge in [-0.25, -0.2) is 0 Å². The van der Waals surface area contributed by atoms with Gasteiger partial charge in [0.15, 0.2) is 0 Å². The predicted octanol–water partition coefficient (Wildman–Crippen LogP) is 13.3. The van der Waals surface area contributed by atoms with E-state index in [0.717, 1.165) is 61.1 Å². The molecule has 0 saturated carbocycles. The van der Waals surface area contributed by atoms with Crippen molar-refractivity contribution >= 4 is 38.9 Å². The third kappa shape index (κ3) is 5.43. The van der Waals surface area contributed by atoms with Gasteiger partial charge in [0.25, 0.3) is 0 Å². The van der Waals surface area contributed by atoms with E-state index in [1.807, 2.05) is 138 Å². The van der Waals surface area contributed by atoms with E-state index in [1.165, 1.54) is 0 Å². The third-order valence-corrected chi connectivity index (χ3v) is 9.26. The first-order valence-electron chi connectivity index (χ1n) is 18.8. The lowest BCUT2D eigenvalue weighted by molar-refractivity contribution is 1.18. The molecule has 0 bridgehead atoms. The molecule has 0 aliphatic carbocycles. The second kappa shape index (κ2) is 12.8. The minimum Gasteiger partial charge on any atom is -0.310 e. The van der Waals surface area contributed by atoms with Gasteiger partial charge in [0.2, 0.25) is 0 Å². The average Bonchev–Trinajstić information content (AvgIpc) is 3.56. The molecule has 9 rings (SSSR count). The maximum atomic E-state index is 9.42. The molecule has 0 aliphatic heterocycles. The fourth-order valence-electron chi connectivity index (χ4n) is 6.84. The minimum absolute atomic E-state index is 0.0919. The highest BCUT2D eigenvalue weighted by Gasteiger charge is 2.16. The molecule has 0 N–H and O–H groups in total. The molecule has 0 saturated heterocycles. The Hall–Kier alpha value is -6.64. The molecule has 0 atom stereocenters. The molecule has 8 aromatic carbocycles. The highest BCUT2D eigenvalue weighted by Crippen LogP contribution is 2.39. The minimum atomic E-state index is -0.110. The Balaban J connectivity index is 1.18. The summed E-state index contributed by atoms with van der Waals surface area (Å²) in [7, 11) is 0. The first-order valence-corrected chi connectivity index (χ1v) is 16.8. The van der Waals surface area contributed by atoms with Crippen molar-refractivity contribution in [3.8, 4) is 39.1 Å². The van der Waals surface area contributed by atoms with Crippen molar-refractivity contribution in [2.24, 2.45) is 0 Å². The summed E-state index contributed by atoms with van der Waals surface area (Å²) in [6.45, 7) is 0. The van der Waals surface area contributed by atoms with Gasteiger partial charge in [-0.3, -0.25) is 0 Å². The second-order valence-electron chi connectivity index (χ2n) is 12.3. The Morgan fingerprint density at radius 3 is 1.58 bits per heavy atom. The SMILES string of the molecule is [2H]c1c([2H])c(N(c2ccccc2)c2cccc(-c3ccccc3)c2)c([2H])c([2H])c1-c1ccc2c(c1)c1ccccc1n2-c1ccc(-c2ccccc2)cc1. The summed E-state index contributed by atoms with van der Waals surface area (Å²) in [6.07, 6.45) is 0. The zero-order chi connectivity index (χ0) is 36.8. The number of rotatable bonds is 7. The summed E-state index contributed by atoms with van der Waals surface area (Å²) in [6, 6.07) is 60.3. The quantitative estimate of drug-likeness (QED) is 0.168. The number of hydrogen-bond donors (Lipinski definition) is 0. The largest absolute Gasteiger partial charge is 0.310 e. The van der Waals surface area contributed by atoms with Gasteiger partial charge in [-0.05, 0) is 100 Å². The maximum Gasteiger partial charge on any atom is 0.0645 e. The topological polar surface area (TPSA) is 8.17 Å². The van der Waals surface area contributed by atoms with Crippen molar-refractivity contribution in [2.75, 3.05) is 4.90 Å². The Bertz CT molecular complexity index is 2770. The summed E-state index contributed by atoms with van der Waals surface area (Å²) in [4.78, 5) is 1.83. The normalized spacial score (nSPS) is 12.3. The van der Waals surface area contributed by atoms with Gasteiger partial charge in [-0.1, -0.05) is 139 Å². The highest BCUT2D eigenvalue weighted by atomic mass is 15.1. The molecule has 1 aromatic heterocycles. The monoisotopic (exact) mass is 642 g/mol. The number of para-hydroxylation sites is 2. The van der Waals surface area contributed by atoms with E-state index in [9.17, 15) is 5.48 Å². The van der Waals surface area contributed by atoms with Crippen molar-refractivity contribution in [1.29, 1.82) is 0 Å². The van der Waals surface area contributed by atoms with Gasteiger partial charge < -0.3 is 9.47 Å². The fraction of sp³-hybridized carbons (Fsp3) is 0. The Labute approximate surface area is 298 Å². The molecule has 0 amide bonds. The van der Waals surface area contributed by atoms with Crippen LogP contribution in [-0.4, -0.2) is 4.57 Å². The molecule has 0 radical (unpaired) electrons. The third-order valence-electron chi connectivity index (χ3n) is 9.26. The number of aromatic nitrogens is 1. The smallest absolute Gasteiger partial charge is 0.0645 e. The maximum absolute atomic E-state index is 9.42. The summed E-state index contributed by atoms with van der Waals surface area (Å²) in [5.74, 6) is 0. The van der Waals surface area contributed by atoms with Crippen molar-refractivity contribution in [3.05, 3.63) is 206 Å². The number of benzene rings is 8. The molecule has 1 heterocycles. The molecule has 0 aliphatic rings. The van der Waals surface area contributed by atoms with Crippen LogP contribution in [0.4, 0.5) is 17.1 Å². The molecule has 0 unspecified atom stereocenters. The van der Waals surface area contributed by atoms with Gasteiger partial charge >= 0.3 is 0 Å². The van der Waals surface area contributed by atoms with Crippen molar-refractivity contribution in [1.82, 2.24) is 4.57 Å². The van der Waals surface area contributed by atoms with Crippen molar-refractivity contribution < 1.29 is 5.48 Å². The fourth-order valence-corrected chi connectivity index (χ4v) is 6.84. The van der Waals surface area contributed by atoms with Crippen LogP contribution in [0.1, 0.15) is 5.48 Å². The van der Waals surface area contributed by atoms with E-state index in [2.05, 4.69) is 53.1 Å². The first-order chi connectivity index (χ1) is 26.5. The van der Waals surface area contributed by atoms with Crippen LogP contribution in [0, 0.1) is 0 Å². The molecule has 0 spiro atoms. The summed E-state index contributed by atoms with van der Waals surface area (Å²) < 4.78 is 39.9. The molecule has 50 heavy (non-hydrogen) atoms. The van der Waals surface area contributed by atoms with Crippen LogP contribution in [0.3, 0.4) is 0 Å².